The van der Waals surface area contributed by atoms with Crippen LogP contribution < -0.4 is 4.90 Å². The van der Waals surface area contributed by atoms with E-state index in [9.17, 15) is 4.79 Å². The Morgan fingerprint density at radius 1 is 1.22 bits per heavy atom. The number of hydrogen-bond donors (Lipinski definition) is 0. The second-order valence-electron chi connectivity index (χ2n) is 6.72. The van der Waals surface area contributed by atoms with Crippen LogP contribution in [0, 0.1) is 0 Å². The molecule has 3 rings (SSSR count). The van der Waals surface area contributed by atoms with Crippen molar-refractivity contribution in [2.75, 3.05) is 31.1 Å². The van der Waals surface area contributed by atoms with Crippen molar-refractivity contribution < 1.29 is 13.9 Å². The van der Waals surface area contributed by atoms with E-state index in [-0.39, 0.29) is 6.09 Å². The molecule has 2 heterocycles. The maximum Gasteiger partial charge on any atom is 0.410 e. The topological polar surface area (TPSA) is 45.9 Å². The first-order valence-corrected chi connectivity index (χ1v) is 8.52. The lowest BCUT2D eigenvalue weighted by Gasteiger charge is -2.36. The fraction of sp³-hybridized carbons (Fsp3) is 0.471. The van der Waals surface area contributed by atoms with Crippen LogP contribution in [-0.2, 0) is 4.74 Å². The highest BCUT2D eigenvalue weighted by molar-refractivity contribution is 9.10. The fourth-order valence-electron chi connectivity index (χ4n) is 2.69. The van der Waals surface area contributed by atoms with Gasteiger partial charge in [-0.1, -0.05) is 15.9 Å². The lowest BCUT2D eigenvalue weighted by Crippen LogP contribution is -2.50. The van der Waals surface area contributed by atoms with E-state index in [0.717, 1.165) is 34.2 Å². The number of carbonyl (C=O) groups excluding carboxylic acids is 1. The number of furan rings is 1. The van der Waals surface area contributed by atoms with Crippen molar-refractivity contribution in [2.24, 2.45) is 0 Å². The summed E-state index contributed by atoms with van der Waals surface area (Å²) in [6.45, 7) is 8.49. The molecule has 0 bridgehead atoms. The van der Waals surface area contributed by atoms with Gasteiger partial charge in [0.05, 0.1) is 5.69 Å². The highest BCUT2D eigenvalue weighted by atomic mass is 79.9. The summed E-state index contributed by atoms with van der Waals surface area (Å²) in [6.07, 6.45) is 1.55. The molecule has 1 amide bonds. The van der Waals surface area contributed by atoms with Crippen molar-refractivity contribution in [2.45, 2.75) is 26.4 Å². The molecule has 0 radical (unpaired) electrons. The first kappa shape index (κ1) is 16.2. The molecule has 0 saturated carbocycles. The zero-order valence-electron chi connectivity index (χ0n) is 13.6. The standard InChI is InChI=1S/C17H21BrN2O3/c1-17(2,3)23-16(21)20-8-6-19(7-9-20)14-11-22-15-10-12(18)4-5-13(14)15/h4-5,10-11H,6-9H2,1-3H3. The van der Waals surface area contributed by atoms with E-state index in [0.29, 0.717) is 13.1 Å². The summed E-state index contributed by atoms with van der Waals surface area (Å²) in [7, 11) is 0. The summed E-state index contributed by atoms with van der Waals surface area (Å²) < 4.78 is 12.1. The Morgan fingerprint density at radius 3 is 2.57 bits per heavy atom. The average Bonchev–Trinajstić information content (AvgIpc) is 2.88. The van der Waals surface area contributed by atoms with Crippen LogP contribution in [0.1, 0.15) is 20.8 Å². The van der Waals surface area contributed by atoms with Gasteiger partial charge in [-0.25, -0.2) is 4.79 Å². The van der Waals surface area contributed by atoms with Crippen molar-refractivity contribution in [3.63, 3.8) is 0 Å². The Kier molecular flexibility index (Phi) is 4.27. The number of carbonyl (C=O) groups is 1. The minimum absolute atomic E-state index is 0.238. The number of ether oxygens (including phenoxy) is 1. The molecule has 0 spiro atoms. The molecule has 2 aromatic rings. The van der Waals surface area contributed by atoms with Gasteiger partial charge >= 0.3 is 6.09 Å². The maximum atomic E-state index is 12.1. The molecule has 23 heavy (non-hydrogen) atoms. The minimum atomic E-state index is -0.456. The van der Waals surface area contributed by atoms with Crippen LogP contribution in [0.25, 0.3) is 11.0 Å². The van der Waals surface area contributed by atoms with Gasteiger partial charge in [0.25, 0.3) is 0 Å². The fourth-order valence-corrected chi connectivity index (χ4v) is 3.03. The Morgan fingerprint density at radius 2 is 1.91 bits per heavy atom. The Labute approximate surface area is 144 Å². The van der Waals surface area contributed by atoms with Gasteiger partial charge in [0.2, 0.25) is 0 Å². The maximum absolute atomic E-state index is 12.1. The highest BCUT2D eigenvalue weighted by Gasteiger charge is 2.27. The molecule has 0 unspecified atom stereocenters. The monoisotopic (exact) mass is 380 g/mol. The zero-order chi connectivity index (χ0) is 16.6. The summed E-state index contributed by atoms with van der Waals surface area (Å²) in [4.78, 5) is 16.1. The Hall–Kier alpha value is -1.69. The highest BCUT2D eigenvalue weighted by Crippen LogP contribution is 2.31. The van der Waals surface area contributed by atoms with Gasteiger partial charge in [-0.3, -0.25) is 0 Å². The zero-order valence-corrected chi connectivity index (χ0v) is 15.2. The van der Waals surface area contributed by atoms with Crippen molar-refractivity contribution in [3.05, 3.63) is 28.9 Å². The van der Waals surface area contributed by atoms with Crippen LogP contribution in [-0.4, -0.2) is 42.8 Å². The van der Waals surface area contributed by atoms with Gasteiger partial charge in [0, 0.05) is 36.0 Å². The van der Waals surface area contributed by atoms with Crippen LogP contribution in [0.5, 0.6) is 0 Å². The molecular weight excluding hydrogens is 360 g/mol. The van der Waals surface area contributed by atoms with Gasteiger partial charge in [0.15, 0.2) is 0 Å². The molecule has 0 aliphatic carbocycles. The molecule has 124 valence electrons. The Bertz CT molecular complexity index is 712. The van der Waals surface area contributed by atoms with E-state index >= 15 is 0 Å². The van der Waals surface area contributed by atoms with Crippen molar-refractivity contribution in [1.29, 1.82) is 0 Å². The third-order valence-electron chi connectivity index (χ3n) is 3.79. The normalized spacial score (nSPS) is 16.0. The predicted octanol–water partition coefficient (Wildman–Crippen LogP) is 4.25. The largest absolute Gasteiger partial charge is 0.462 e. The number of anilines is 1. The molecular formula is C17H21BrN2O3. The second-order valence-corrected chi connectivity index (χ2v) is 7.63. The SMILES string of the molecule is CC(C)(C)OC(=O)N1CCN(c2coc3cc(Br)ccc23)CC1. The van der Waals surface area contributed by atoms with Crippen molar-refractivity contribution in [1.82, 2.24) is 4.90 Å². The van der Waals surface area contributed by atoms with E-state index in [1.54, 1.807) is 11.2 Å². The third kappa shape index (κ3) is 3.63. The predicted molar refractivity (Wildman–Crippen MR) is 93.9 cm³/mol. The molecule has 5 nitrogen and oxygen atoms in total. The van der Waals surface area contributed by atoms with E-state index in [1.165, 1.54) is 0 Å². The molecule has 1 saturated heterocycles. The number of benzene rings is 1. The van der Waals surface area contributed by atoms with Crippen LogP contribution in [0.3, 0.4) is 0 Å². The lowest BCUT2D eigenvalue weighted by atomic mass is 10.2. The first-order valence-electron chi connectivity index (χ1n) is 7.73. The van der Waals surface area contributed by atoms with Gasteiger partial charge in [-0.05, 0) is 39.0 Å². The van der Waals surface area contributed by atoms with Gasteiger partial charge in [-0.2, -0.15) is 0 Å². The number of nitrogens with zero attached hydrogens (tertiary/aromatic N) is 2. The smallest absolute Gasteiger partial charge is 0.410 e. The van der Waals surface area contributed by atoms with E-state index in [1.807, 2.05) is 32.9 Å². The number of amides is 1. The van der Waals surface area contributed by atoms with Crippen LogP contribution in [0.4, 0.5) is 10.5 Å². The van der Waals surface area contributed by atoms with Crippen molar-refractivity contribution in [3.8, 4) is 0 Å². The molecule has 6 heteroatoms. The summed E-state index contributed by atoms with van der Waals surface area (Å²) >= 11 is 3.45. The van der Waals surface area contributed by atoms with E-state index < -0.39 is 5.60 Å². The average molecular weight is 381 g/mol. The molecule has 1 aliphatic rings. The number of halogens is 1. The third-order valence-corrected chi connectivity index (χ3v) is 4.28. The number of piperazine rings is 1. The van der Waals surface area contributed by atoms with E-state index in [2.05, 4.69) is 26.9 Å². The molecule has 1 aromatic carbocycles. The number of rotatable bonds is 1. The van der Waals surface area contributed by atoms with Crippen molar-refractivity contribution >= 4 is 38.7 Å². The van der Waals surface area contributed by atoms with Crippen LogP contribution >= 0.6 is 15.9 Å². The van der Waals surface area contributed by atoms with Crippen LogP contribution in [0.2, 0.25) is 0 Å². The van der Waals surface area contributed by atoms with Crippen LogP contribution in [0.15, 0.2) is 33.4 Å². The number of fused-ring (bicyclic) bond motifs is 1. The summed E-state index contributed by atoms with van der Waals surface area (Å²) in [5.74, 6) is 0. The van der Waals surface area contributed by atoms with Gasteiger partial charge in [-0.15, -0.1) is 0 Å². The molecule has 1 fully saturated rings. The van der Waals surface area contributed by atoms with E-state index in [4.69, 9.17) is 9.15 Å². The summed E-state index contributed by atoms with van der Waals surface area (Å²) in [5, 5.41) is 1.10. The molecule has 1 aromatic heterocycles. The lowest BCUT2D eigenvalue weighted by molar-refractivity contribution is 0.0240. The minimum Gasteiger partial charge on any atom is -0.462 e. The second kappa shape index (κ2) is 6.07. The van der Waals surface area contributed by atoms with Gasteiger partial charge < -0.3 is 19.0 Å². The van der Waals surface area contributed by atoms with Gasteiger partial charge in [0.1, 0.15) is 17.4 Å². The first-order chi connectivity index (χ1) is 10.8. The molecule has 0 N–H and O–H groups in total. The molecule has 0 atom stereocenters. The Balaban J connectivity index is 1.67. The molecule has 1 aliphatic heterocycles. The number of hydrogen-bond acceptors (Lipinski definition) is 4. The quantitative estimate of drug-likeness (QED) is 0.741. The summed E-state index contributed by atoms with van der Waals surface area (Å²) in [5.41, 5.74) is 1.49. The summed E-state index contributed by atoms with van der Waals surface area (Å²) in [6, 6.07) is 6.03.